The molecule has 0 aromatic heterocycles. The van der Waals surface area contributed by atoms with Crippen molar-refractivity contribution in [3.8, 4) is 0 Å². The van der Waals surface area contributed by atoms with Crippen LogP contribution in [0.15, 0.2) is 40.9 Å². The van der Waals surface area contributed by atoms with Gasteiger partial charge in [-0.2, -0.15) is 13.2 Å². The number of hydrogen-bond acceptors (Lipinski definition) is 1. The molecule has 0 amide bonds. The summed E-state index contributed by atoms with van der Waals surface area (Å²) in [5, 5.41) is 2.76. The Morgan fingerprint density at radius 1 is 1.10 bits per heavy atom. The predicted octanol–water partition coefficient (Wildman–Crippen LogP) is 5.53. The summed E-state index contributed by atoms with van der Waals surface area (Å²) in [6.45, 7) is 1.91. The Morgan fingerprint density at radius 2 is 1.81 bits per heavy atom. The lowest BCUT2D eigenvalue weighted by atomic mass is 10.1. The number of benzene rings is 2. The topological polar surface area (TPSA) is 12.0 Å². The van der Waals surface area contributed by atoms with Crippen molar-refractivity contribution in [1.29, 1.82) is 0 Å². The van der Waals surface area contributed by atoms with E-state index in [-0.39, 0.29) is 18.0 Å². The van der Waals surface area contributed by atoms with Gasteiger partial charge in [0, 0.05) is 16.7 Å². The Morgan fingerprint density at radius 3 is 2.43 bits per heavy atom. The van der Waals surface area contributed by atoms with Crippen LogP contribution in [-0.4, -0.2) is 0 Å². The van der Waals surface area contributed by atoms with Crippen molar-refractivity contribution in [3.05, 3.63) is 63.4 Å². The van der Waals surface area contributed by atoms with Crippen molar-refractivity contribution in [3.63, 3.8) is 0 Å². The minimum atomic E-state index is -4.44. The van der Waals surface area contributed by atoms with Crippen LogP contribution in [0.5, 0.6) is 0 Å². The minimum Gasteiger partial charge on any atom is -0.380 e. The zero-order valence-corrected chi connectivity index (χ0v) is 12.6. The van der Waals surface area contributed by atoms with Crippen molar-refractivity contribution < 1.29 is 17.6 Å². The van der Waals surface area contributed by atoms with Crippen LogP contribution in [0.1, 0.15) is 16.7 Å². The molecule has 2 rings (SSSR count). The quantitative estimate of drug-likeness (QED) is 0.709. The van der Waals surface area contributed by atoms with E-state index in [0.717, 1.165) is 11.6 Å². The van der Waals surface area contributed by atoms with Crippen LogP contribution in [0.3, 0.4) is 0 Å². The molecule has 1 N–H and O–H groups in total. The molecule has 0 aliphatic carbocycles. The normalized spacial score (nSPS) is 11.5. The van der Waals surface area contributed by atoms with E-state index in [1.54, 1.807) is 13.0 Å². The molecule has 21 heavy (non-hydrogen) atoms. The van der Waals surface area contributed by atoms with Gasteiger partial charge in [0.25, 0.3) is 0 Å². The predicted molar refractivity (Wildman–Crippen MR) is 77.6 cm³/mol. The molecule has 0 heterocycles. The fourth-order valence-corrected chi connectivity index (χ4v) is 2.31. The average Bonchev–Trinajstić information content (AvgIpc) is 2.38. The molecule has 0 fully saturated rings. The summed E-state index contributed by atoms with van der Waals surface area (Å²) < 4.78 is 52.3. The molecule has 2 aromatic carbocycles. The van der Waals surface area contributed by atoms with E-state index in [9.17, 15) is 17.6 Å². The van der Waals surface area contributed by atoms with E-state index in [1.807, 2.05) is 0 Å². The Labute approximate surface area is 128 Å². The SMILES string of the molecule is Cc1cc(F)ccc1CNc1ccc(Br)cc1C(F)(F)F. The van der Waals surface area contributed by atoms with E-state index < -0.39 is 11.7 Å². The van der Waals surface area contributed by atoms with Crippen molar-refractivity contribution in [2.24, 2.45) is 0 Å². The molecule has 0 saturated heterocycles. The molecular weight excluding hydrogens is 350 g/mol. The molecular formula is C15H12BrF4N. The Kier molecular flexibility index (Phi) is 4.56. The van der Waals surface area contributed by atoms with Crippen molar-refractivity contribution in [1.82, 2.24) is 0 Å². The van der Waals surface area contributed by atoms with Gasteiger partial charge in [0.15, 0.2) is 0 Å². The highest BCUT2D eigenvalue weighted by Crippen LogP contribution is 2.36. The molecule has 0 atom stereocenters. The van der Waals surface area contributed by atoms with Crippen LogP contribution in [0.25, 0.3) is 0 Å². The molecule has 0 spiro atoms. The third-order valence-corrected chi connectivity index (χ3v) is 3.55. The van der Waals surface area contributed by atoms with Gasteiger partial charge in [0.2, 0.25) is 0 Å². The molecule has 0 aliphatic heterocycles. The lowest BCUT2D eigenvalue weighted by molar-refractivity contribution is -0.137. The van der Waals surface area contributed by atoms with Crippen LogP contribution >= 0.6 is 15.9 Å². The third-order valence-electron chi connectivity index (χ3n) is 3.06. The van der Waals surface area contributed by atoms with E-state index in [1.165, 1.54) is 24.3 Å². The summed E-state index contributed by atoms with van der Waals surface area (Å²) in [4.78, 5) is 0. The summed E-state index contributed by atoms with van der Waals surface area (Å²) in [7, 11) is 0. The fourth-order valence-electron chi connectivity index (χ4n) is 1.95. The maximum atomic E-state index is 13.0. The van der Waals surface area contributed by atoms with Gasteiger partial charge in [-0.15, -0.1) is 0 Å². The molecule has 2 aromatic rings. The van der Waals surface area contributed by atoms with E-state index >= 15 is 0 Å². The Bertz CT molecular complexity index is 653. The summed E-state index contributed by atoms with van der Waals surface area (Å²) in [5.41, 5.74) is 0.687. The fraction of sp³-hybridized carbons (Fsp3) is 0.200. The van der Waals surface area contributed by atoms with Gasteiger partial charge in [-0.25, -0.2) is 4.39 Å². The average molecular weight is 362 g/mol. The van der Waals surface area contributed by atoms with E-state index in [0.29, 0.717) is 10.0 Å². The minimum absolute atomic E-state index is 0.00516. The maximum Gasteiger partial charge on any atom is 0.418 e. The number of rotatable bonds is 3. The highest BCUT2D eigenvalue weighted by atomic mass is 79.9. The largest absolute Gasteiger partial charge is 0.418 e. The van der Waals surface area contributed by atoms with E-state index in [2.05, 4.69) is 21.2 Å². The zero-order chi connectivity index (χ0) is 15.6. The van der Waals surface area contributed by atoms with Gasteiger partial charge in [-0.3, -0.25) is 0 Å². The molecule has 112 valence electrons. The van der Waals surface area contributed by atoms with Crippen LogP contribution in [0, 0.1) is 12.7 Å². The van der Waals surface area contributed by atoms with Crippen LogP contribution < -0.4 is 5.32 Å². The van der Waals surface area contributed by atoms with Crippen molar-refractivity contribution in [2.45, 2.75) is 19.6 Å². The molecule has 0 saturated carbocycles. The number of anilines is 1. The second-order valence-corrected chi connectivity index (χ2v) is 5.53. The molecule has 0 bridgehead atoms. The van der Waals surface area contributed by atoms with Crippen LogP contribution in [0.4, 0.5) is 23.2 Å². The highest BCUT2D eigenvalue weighted by Gasteiger charge is 2.33. The van der Waals surface area contributed by atoms with Gasteiger partial charge in [-0.1, -0.05) is 22.0 Å². The summed E-state index contributed by atoms with van der Waals surface area (Å²) >= 11 is 3.03. The zero-order valence-electron chi connectivity index (χ0n) is 11.1. The standard InChI is InChI=1S/C15H12BrF4N/c1-9-6-12(17)4-2-10(9)8-21-14-5-3-11(16)7-13(14)15(18,19)20/h2-7,21H,8H2,1H3. The smallest absolute Gasteiger partial charge is 0.380 e. The summed E-state index contributed by atoms with van der Waals surface area (Å²) in [6, 6.07) is 8.13. The van der Waals surface area contributed by atoms with E-state index in [4.69, 9.17) is 0 Å². The van der Waals surface area contributed by atoms with Crippen molar-refractivity contribution >= 4 is 21.6 Å². The first-order chi connectivity index (χ1) is 9.77. The molecule has 6 heteroatoms. The van der Waals surface area contributed by atoms with Crippen LogP contribution in [-0.2, 0) is 12.7 Å². The van der Waals surface area contributed by atoms with Gasteiger partial charge < -0.3 is 5.32 Å². The first-order valence-corrected chi connectivity index (χ1v) is 6.92. The van der Waals surface area contributed by atoms with Gasteiger partial charge >= 0.3 is 6.18 Å². The highest BCUT2D eigenvalue weighted by molar-refractivity contribution is 9.10. The lowest BCUT2D eigenvalue weighted by Crippen LogP contribution is -2.11. The number of aryl methyl sites for hydroxylation is 1. The number of nitrogens with one attached hydrogen (secondary N) is 1. The first-order valence-electron chi connectivity index (χ1n) is 6.13. The lowest BCUT2D eigenvalue weighted by Gasteiger charge is -2.16. The second-order valence-electron chi connectivity index (χ2n) is 4.61. The first kappa shape index (κ1) is 15.8. The maximum absolute atomic E-state index is 13.0. The third kappa shape index (κ3) is 3.97. The molecule has 1 nitrogen and oxygen atoms in total. The van der Waals surface area contributed by atoms with Gasteiger partial charge in [-0.05, 0) is 48.4 Å². The van der Waals surface area contributed by atoms with Gasteiger partial charge in [0.05, 0.1) is 5.56 Å². The molecule has 0 radical (unpaired) electrons. The Hall–Kier alpha value is -1.56. The number of halogens is 5. The number of alkyl halides is 3. The second kappa shape index (κ2) is 6.05. The summed E-state index contributed by atoms with van der Waals surface area (Å²) in [6.07, 6.45) is -4.44. The van der Waals surface area contributed by atoms with Gasteiger partial charge in [0.1, 0.15) is 5.82 Å². The molecule has 0 aliphatic rings. The number of hydrogen-bond donors (Lipinski definition) is 1. The molecule has 0 unspecified atom stereocenters. The van der Waals surface area contributed by atoms with Crippen molar-refractivity contribution in [2.75, 3.05) is 5.32 Å². The Balaban J connectivity index is 2.24. The summed E-state index contributed by atoms with van der Waals surface area (Å²) in [5.74, 6) is -0.365. The van der Waals surface area contributed by atoms with Crippen LogP contribution in [0.2, 0.25) is 0 Å². The monoisotopic (exact) mass is 361 g/mol.